The molecule has 0 radical (unpaired) electrons. The van der Waals surface area contributed by atoms with E-state index >= 15 is 0 Å². The van der Waals surface area contributed by atoms with Crippen molar-refractivity contribution < 1.29 is 4.74 Å². The average molecular weight is 332 g/mol. The molecule has 7 heteroatoms. The second-order valence-corrected chi connectivity index (χ2v) is 5.93. The molecular weight excluding hydrogens is 316 g/mol. The number of nitrogens with zero attached hydrogens (tertiary/aromatic N) is 6. The summed E-state index contributed by atoms with van der Waals surface area (Å²) in [7, 11) is 0. The van der Waals surface area contributed by atoms with E-state index in [-0.39, 0.29) is 0 Å². The summed E-state index contributed by atoms with van der Waals surface area (Å²) in [5, 5.41) is 5.55. The summed E-state index contributed by atoms with van der Waals surface area (Å²) < 4.78 is 7.25. The van der Waals surface area contributed by atoms with Gasteiger partial charge in [-0.25, -0.2) is 4.98 Å². The molecular formula is C18H16N6O. The maximum absolute atomic E-state index is 5.47. The summed E-state index contributed by atoms with van der Waals surface area (Å²) in [6.07, 6.45) is 3.61. The van der Waals surface area contributed by atoms with Crippen LogP contribution in [0.15, 0.2) is 48.8 Å². The lowest BCUT2D eigenvalue weighted by molar-refractivity contribution is 0.122. The van der Waals surface area contributed by atoms with E-state index in [1.807, 2.05) is 42.6 Å². The zero-order valence-electron chi connectivity index (χ0n) is 13.5. The van der Waals surface area contributed by atoms with Crippen molar-refractivity contribution in [1.29, 1.82) is 0 Å². The first-order chi connectivity index (χ1) is 12.4. The third kappa shape index (κ3) is 2.40. The molecule has 1 aliphatic rings. The summed E-state index contributed by atoms with van der Waals surface area (Å²) in [6, 6.07) is 11.9. The van der Waals surface area contributed by atoms with Crippen molar-refractivity contribution in [3.8, 4) is 5.95 Å². The highest BCUT2D eigenvalue weighted by Crippen LogP contribution is 2.25. The highest BCUT2D eigenvalue weighted by Gasteiger charge is 2.19. The van der Waals surface area contributed by atoms with Gasteiger partial charge in [-0.1, -0.05) is 18.2 Å². The Labute approximate surface area is 143 Å². The minimum atomic E-state index is 0.559. The second kappa shape index (κ2) is 5.78. The average Bonchev–Trinajstić information content (AvgIpc) is 3.12. The Morgan fingerprint density at radius 1 is 0.960 bits per heavy atom. The number of aromatic nitrogens is 5. The maximum Gasteiger partial charge on any atom is 0.253 e. The summed E-state index contributed by atoms with van der Waals surface area (Å²) in [6.45, 7) is 2.97. The molecule has 0 bridgehead atoms. The van der Waals surface area contributed by atoms with E-state index in [0.717, 1.165) is 40.8 Å². The number of pyridine rings is 1. The van der Waals surface area contributed by atoms with Crippen molar-refractivity contribution in [3.63, 3.8) is 0 Å². The zero-order chi connectivity index (χ0) is 16.6. The van der Waals surface area contributed by atoms with Gasteiger partial charge in [-0.15, -0.1) is 0 Å². The summed E-state index contributed by atoms with van der Waals surface area (Å²) in [4.78, 5) is 16.2. The van der Waals surface area contributed by atoms with Crippen molar-refractivity contribution >= 4 is 27.8 Å². The van der Waals surface area contributed by atoms with Gasteiger partial charge in [0.1, 0.15) is 5.52 Å². The summed E-state index contributed by atoms with van der Waals surface area (Å²) in [5.74, 6) is 1.40. The van der Waals surface area contributed by atoms with Crippen LogP contribution in [0.1, 0.15) is 0 Å². The maximum atomic E-state index is 5.47. The molecule has 0 saturated carbocycles. The molecule has 4 aromatic rings. The lowest BCUT2D eigenvalue weighted by Crippen LogP contribution is -2.37. The van der Waals surface area contributed by atoms with Gasteiger partial charge in [0.25, 0.3) is 5.95 Å². The fraction of sp³-hybridized carbons (Fsp3) is 0.222. The number of ether oxygens (including phenoxy) is 1. The van der Waals surface area contributed by atoms with E-state index in [2.05, 4.69) is 15.0 Å². The topological polar surface area (TPSA) is 69.0 Å². The van der Waals surface area contributed by atoms with Crippen molar-refractivity contribution in [2.24, 2.45) is 0 Å². The summed E-state index contributed by atoms with van der Waals surface area (Å²) in [5.41, 5.74) is 2.61. The van der Waals surface area contributed by atoms with Crippen LogP contribution in [0.3, 0.4) is 0 Å². The Bertz CT molecular complexity index is 1050. The molecule has 1 fully saturated rings. The van der Waals surface area contributed by atoms with E-state index in [4.69, 9.17) is 14.7 Å². The number of hydrogen-bond donors (Lipinski definition) is 0. The molecule has 1 aromatic carbocycles. The highest BCUT2D eigenvalue weighted by atomic mass is 16.5. The zero-order valence-corrected chi connectivity index (χ0v) is 13.5. The molecule has 1 aliphatic heterocycles. The number of benzene rings is 1. The third-order valence-electron chi connectivity index (χ3n) is 4.40. The van der Waals surface area contributed by atoms with E-state index in [9.17, 15) is 0 Å². The van der Waals surface area contributed by atoms with E-state index in [1.54, 1.807) is 10.9 Å². The molecule has 0 amide bonds. The molecule has 0 N–H and O–H groups in total. The van der Waals surface area contributed by atoms with Crippen molar-refractivity contribution in [2.45, 2.75) is 0 Å². The first-order valence-electron chi connectivity index (χ1n) is 8.29. The van der Waals surface area contributed by atoms with Gasteiger partial charge in [0, 0.05) is 24.7 Å². The SMILES string of the molecule is c1ccc2c(c1)cnn2-c1nc(N2CCOCC2)c2ncccc2n1. The molecule has 5 rings (SSSR count). The molecule has 1 saturated heterocycles. The monoisotopic (exact) mass is 332 g/mol. The quantitative estimate of drug-likeness (QED) is 0.560. The minimum Gasteiger partial charge on any atom is -0.378 e. The predicted octanol–water partition coefficient (Wildman–Crippen LogP) is 2.20. The van der Waals surface area contributed by atoms with Crippen LogP contribution in [0.25, 0.3) is 27.9 Å². The molecule has 0 spiro atoms. The fourth-order valence-electron chi connectivity index (χ4n) is 3.16. The number of hydrogen-bond acceptors (Lipinski definition) is 6. The normalized spacial score (nSPS) is 15.1. The van der Waals surface area contributed by atoms with Gasteiger partial charge < -0.3 is 9.64 Å². The van der Waals surface area contributed by atoms with Crippen molar-refractivity contribution in [1.82, 2.24) is 24.7 Å². The van der Waals surface area contributed by atoms with Crippen LogP contribution in [0.5, 0.6) is 0 Å². The van der Waals surface area contributed by atoms with E-state index in [0.29, 0.717) is 19.2 Å². The lowest BCUT2D eigenvalue weighted by atomic mass is 10.2. The number of anilines is 1. The largest absolute Gasteiger partial charge is 0.378 e. The van der Waals surface area contributed by atoms with Crippen LogP contribution in [0.4, 0.5) is 5.82 Å². The van der Waals surface area contributed by atoms with Crippen LogP contribution < -0.4 is 4.90 Å². The standard InChI is InChI=1S/C18H16N6O/c1-2-6-15-13(4-1)12-20-24(15)18-21-14-5-3-7-19-16(14)17(22-18)23-8-10-25-11-9-23/h1-7,12H,8-11H2. The van der Waals surface area contributed by atoms with Crippen LogP contribution in [0.2, 0.25) is 0 Å². The number of morpholine rings is 1. The van der Waals surface area contributed by atoms with Crippen LogP contribution >= 0.6 is 0 Å². The lowest BCUT2D eigenvalue weighted by Gasteiger charge is -2.28. The van der Waals surface area contributed by atoms with Gasteiger partial charge in [-0.05, 0) is 18.2 Å². The Kier molecular flexibility index (Phi) is 3.31. The van der Waals surface area contributed by atoms with Crippen LogP contribution in [0, 0.1) is 0 Å². The smallest absolute Gasteiger partial charge is 0.253 e. The molecule has 124 valence electrons. The van der Waals surface area contributed by atoms with Crippen molar-refractivity contribution in [2.75, 3.05) is 31.2 Å². The van der Waals surface area contributed by atoms with Gasteiger partial charge in [-0.3, -0.25) is 4.98 Å². The number of para-hydroxylation sites is 1. The third-order valence-corrected chi connectivity index (χ3v) is 4.40. The minimum absolute atomic E-state index is 0.559. The van der Waals surface area contributed by atoms with Gasteiger partial charge >= 0.3 is 0 Å². The molecule has 25 heavy (non-hydrogen) atoms. The van der Waals surface area contributed by atoms with Gasteiger partial charge in [-0.2, -0.15) is 14.8 Å². The first-order valence-corrected chi connectivity index (χ1v) is 8.29. The molecule has 7 nitrogen and oxygen atoms in total. The van der Waals surface area contributed by atoms with Crippen molar-refractivity contribution in [3.05, 3.63) is 48.8 Å². The molecule has 0 unspecified atom stereocenters. The van der Waals surface area contributed by atoms with Gasteiger partial charge in [0.15, 0.2) is 5.82 Å². The number of rotatable bonds is 2. The second-order valence-electron chi connectivity index (χ2n) is 5.93. The molecule has 3 aromatic heterocycles. The Hall–Kier alpha value is -3.06. The Morgan fingerprint density at radius 3 is 2.76 bits per heavy atom. The highest BCUT2D eigenvalue weighted by molar-refractivity contribution is 5.87. The fourth-order valence-corrected chi connectivity index (χ4v) is 3.16. The van der Waals surface area contributed by atoms with Crippen LogP contribution in [-0.2, 0) is 4.74 Å². The Morgan fingerprint density at radius 2 is 1.84 bits per heavy atom. The Balaban J connectivity index is 1.73. The molecule has 4 heterocycles. The van der Waals surface area contributed by atoms with Crippen LogP contribution in [-0.4, -0.2) is 51.0 Å². The molecule has 0 aliphatic carbocycles. The molecule has 0 atom stereocenters. The summed E-state index contributed by atoms with van der Waals surface area (Å²) >= 11 is 0. The number of fused-ring (bicyclic) bond motifs is 2. The van der Waals surface area contributed by atoms with Gasteiger partial charge in [0.05, 0.1) is 30.4 Å². The van der Waals surface area contributed by atoms with E-state index in [1.165, 1.54) is 0 Å². The predicted molar refractivity (Wildman–Crippen MR) is 95.0 cm³/mol. The van der Waals surface area contributed by atoms with E-state index < -0.39 is 0 Å². The first kappa shape index (κ1) is 14.3. The van der Waals surface area contributed by atoms with Gasteiger partial charge in [0.2, 0.25) is 0 Å².